The van der Waals surface area contributed by atoms with Gasteiger partial charge in [-0.15, -0.1) is 11.8 Å². The highest BCUT2D eigenvalue weighted by Crippen LogP contribution is 2.30. The minimum absolute atomic E-state index is 0.210. The minimum Gasteiger partial charge on any atom is -0.351 e. The number of piperidine rings is 1. The second-order valence-electron chi connectivity index (χ2n) is 4.10. The van der Waals surface area contributed by atoms with Gasteiger partial charge in [0.15, 0.2) is 0 Å². The number of thioether (sulfide) groups is 1. The van der Waals surface area contributed by atoms with E-state index in [4.69, 9.17) is 5.73 Å². The van der Waals surface area contributed by atoms with Crippen molar-refractivity contribution in [1.82, 2.24) is 4.90 Å². The molecule has 2 amide bonds. The van der Waals surface area contributed by atoms with Gasteiger partial charge in [0.25, 0.3) is 0 Å². The van der Waals surface area contributed by atoms with Crippen LogP contribution in [0, 0.1) is 5.82 Å². The van der Waals surface area contributed by atoms with Crippen molar-refractivity contribution in [1.29, 1.82) is 0 Å². The van der Waals surface area contributed by atoms with E-state index < -0.39 is 0 Å². The summed E-state index contributed by atoms with van der Waals surface area (Å²) in [5, 5.41) is 0.482. The Balaban J connectivity index is 1.85. The highest BCUT2D eigenvalue weighted by atomic mass is 32.2. The lowest BCUT2D eigenvalue weighted by atomic mass is 10.1. The van der Waals surface area contributed by atoms with Gasteiger partial charge in [-0.1, -0.05) is 0 Å². The molecule has 2 N–H and O–H groups in total. The van der Waals surface area contributed by atoms with Gasteiger partial charge in [0.05, 0.1) is 0 Å². The number of carbonyl (C=O) groups is 1. The van der Waals surface area contributed by atoms with E-state index in [0.717, 1.165) is 17.7 Å². The molecule has 0 spiro atoms. The maximum absolute atomic E-state index is 12.7. The Morgan fingerprint density at radius 3 is 2.41 bits per heavy atom. The summed E-state index contributed by atoms with van der Waals surface area (Å²) in [5.41, 5.74) is 5.22. The molecule has 1 aliphatic heterocycles. The third kappa shape index (κ3) is 3.36. The summed E-state index contributed by atoms with van der Waals surface area (Å²) in [5.74, 6) is -0.210. The van der Waals surface area contributed by atoms with Crippen molar-refractivity contribution in [3.05, 3.63) is 30.1 Å². The van der Waals surface area contributed by atoms with Gasteiger partial charge < -0.3 is 10.6 Å². The molecule has 0 aliphatic carbocycles. The molecule has 0 unspecified atom stereocenters. The Hall–Kier alpha value is -1.23. The monoisotopic (exact) mass is 254 g/mol. The zero-order chi connectivity index (χ0) is 12.3. The molecule has 1 heterocycles. The maximum Gasteiger partial charge on any atom is 0.314 e. The van der Waals surface area contributed by atoms with Gasteiger partial charge in [-0.25, -0.2) is 9.18 Å². The van der Waals surface area contributed by atoms with E-state index in [0.29, 0.717) is 18.3 Å². The molecule has 0 atom stereocenters. The van der Waals surface area contributed by atoms with E-state index >= 15 is 0 Å². The zero-order valence-corrected chi connectivity index (χ0v) is 10.3. The van der Waals surface area contributed by atoms with Crippen LogP contribution < -0.4 is 5.73 Å². The third-order valence-corrected chi connectivity index (χ3v) is 4.22. The lowest BCUT2D eigenvalue weighted by molar-refractivity contribution is 0.197. The number of carbonyl (C=O) groups excluding carboxylic acids is 1. The van der Waals surface area contributed by atoms with Crippen molar-refractivity contribution in [2.45, 2.75) is 23.0 Å². The summed E-state index contributed by atoms with van der Waals surface area (Å²) in [7, 11) is 0. The molecule has 0 aromatic heterocycles. The zero-order valence-electron chi connectivity index (χ0n) is 9.43. The molecule has 3 nitrogen and oxygen atoms in total. The maximum atomic E-state index is 12.7. The fourth-order valence-corrected chi connectivity index (χ4v) is 3.02. The molecule has 0 radical (unpaired) electrons. The van der Waals surface area contributed by atoms with E-state index in [2.05, 4.69) is 0 Å². The fraction of sp³-hybridized carbons (Fsp3) is 0.417. The summed E-state index contributed by atoms with van der Waals surface area (Å²) < 4.78 is 12.7. The van der Waals surface area contributed by atoms with Crippen LogP contribution in [0.3, 0.4) is 0 Å². The predicted octanol–water partition coefficient (Wildman–Crippen LogP) is 2.46. The van der Waals surface area contributed by atoms with Crippen molar-refractivity contribution in [2.75, 3.05) is 13.1 Å². The van der Waals surface area contributed by atoms with E-state index in [1.165, 1.54) is 12.1 Å². The van der Waals surface area contributed by atoms with Gasteiger partial charge >= 0.3 is 6.03 Å². The normalized spacial score (nSPS) is 17.1. The lowest BCUT2D eigenvalue weighted by Gasteiger charge is -2.30. The van der Waals surface area contributed by atoms with Crippen LogP contribution in [0.2, 0.25) is 0 Å². The Morgan fingerprint density at radius 2 is 1.88 bits per heavy atom. The molecule has 5 heteroatoms. The SMILES string of the molecule is NC(=O)N1CCC(Sc2ccc(F)cc2)CC1. The molecule has 0 bridgehead atoms. The van der Waals surface area contributed by atoms with E-state index in [1.807, 2.05) is 0 Å². The molecule has 1 aliphatic rings. The quantitative estimate of drug-likeness (QED) is 0.881. The van der Waals surface area contributed by atoms with Crippen LogP contribution in [0.4, 0.5) is 9.18 Å². The number of rotatable bonds is 2. The van der Waals surface area contributed by atoms with Gasteiger partial charge in [0.2, 0.25) is 0 Å². The van der Waals surface area contributed by atoms with Crippen LogP contribution in [0.1, 0.15) is 12.8 Å². The molecule has 92 valence electrons. The molecule has 1 fully saturated rings. The first-order valence-corrected chi connectivity index (χ1v) is 6.50. The number of urea groups is 1. The number of benzene rings is 1. The number of halogens is 1. The first kappa shape index (κ1) is 12.2. The summed E-state index contributed by atoms with van der Waals surface area (Å²) >= 11 is 1.74. The van der Waals surface area contributed by atoms with E-state index in [-0.39, 0.29) is 11.8 Å². The molecule has 0 saturated carbocycles. The summed E-state index contributed by atoms with van der Waals surface area (Å²) in [4.78, 5) is 13.7. The first-order chi connectivity index (χ1) is 8.15. The highest BCUT2D eigenvalue weighted by molar-refractivity contribution is 8.00. The Kier molecular flexibility index (Phi) is 3.89. The first-order valence-electron chi connectivity index (χ1n) is 5.62. The smallest absolute Gasteiger partial charge is 0.314 e. The van der Waals surface area contributed by atoms with Crippen molar-refractivity contribution < 1.29 is 9.18 Å². The largest absolute Gasteiger partial charge is 0.351 e. The van der Waals surface area contributed by atoms with Gasteiger partial charge in [-0.05, 0) is 37.1 Å². The topological polar surface area (TPSA) is 46.3 Å². The number of likely N-dealkylation sites (tertiary alicyclic amines) is 1. The third-order valence-electron chi connectivity index (χ3n) is 2.87. The van der Waals surface area contributed by atoms with Crippen molar-refractivity contribution >= 4 is 17.8 Å². The minimum atomic E-state index is -0.338. The average molecular weight is 254 g/mol. The van der Waals surface area contributed by atoms with Crippen LogP contribution in [-0.4, -0.2) is 29.3 Å². The average Bonchev–Trinajstić information content (AvgIpc) is 2.33. The van der Waals surface area contributed by atoms with Crippen LogP contribution in [0.5, 0.6) is 0 Å². The van der Waals surface area contributed by atoms with Crippen molar-refractivity contribution in [3.63, 3.8) is 0 Å². The van der Waals surface area contributed by atoms with Crippen molar-refractivity contribution in [2.24, 2.45) is 5.73 Å². The Bertz CT molecular complexity index is 388. The number of primary amides is 1. The van der Waals surface area contributed by atoms with Gasteiger partial charge in [0, 0.05) is 23.2 Å². The number of nitrogens with zero attached hydrogens (tertiary/aromatic N) is 1. The summed E-state index contributed by atoms with van der Waals surface area (Å²) in [6.07, 6.45) is 1.87. The molecule has 2 rings (SSSR count). The van der Waals surface area contributed by atoms with Crippen LogP contribution in [0.25, 0.3) is 0 Å². The standard InChI is InChI=1S/C12H15FN2OS/c13-9-1-3-10(4-2-9)17-11-5-7-15(8-6-11)12(14)16/h1-4,11H,5-8H2,(H2,14,16). The number of nitrogens with two attached hydrogens (primary N) is 1. The van der Waals surface area contributed by atoms with Crippen LogP contribution in [-0.2, 0) is 0 Å². The van der Waals surface area contributed by atoms with E-state index in [9.17, 15) is 9.18 Å². The van der Waals surface area contributed by atoms with Gasteiger partial charge in [-0.2, -0.15) is 0 Å². The lowest BCUT2D eigenvalue weighted by Crippen LogP contribution is -2.42. The Labute approximate surface area is 104 Å². The van der Waals surface area contributed by atoms with Gasteiger partial charge in [0.1, 0.15) is 5.82 Å². The highest BCUT2D eigenvalue weighted by Gasteiger charge is 2.21. The summed E-state index contributed by atoms with van der Waals surface area (Å²) in [6, 6.07) is 6.19. The molecule has 17 heavy (non-hydrogen) atoms. The van der Waals surface area contributed by atoms with Crippen LogP contribution >= 0.6 is 11.8 Å². The number of hydrogen-bond donors (Lipinski definition) is 1. The molecule has 1 aromatic rings. The van der Waals surface area contributed by atoms with Crippen molar-refractivity contribution in [3.8, 4) is 0 Å². The second kappa shape index (κ2) is 5.40. The fourth-order valence-electron chi connectivity index (χ4n) is 1.90. The number of hydrogen-bond acceptors (Lipinski definition) is 2. The molecular formula is C12H15FN2OS. The number of amides is 2. The van der Waals surface area contributed by atoms with Crippen LogP contribution in [0.15, 0.2) is 29.2 Å². The molecular weight excluding hydrogens is 239 g/mol. The summed E-state index contributed by atoms with van der Waals surface area (Å²) in [6.45, 7) is 1.43. The molecule has 1 saturated heterocycles. The van der Waals surface area contributed by atoms with E-state index in [1.54, 1.807) is 28.8 Å². The second-order valence-corrected chi connectivity index (χ2v) is 5.47. The molecule has 1 aromatic carbocycles. The Morgan fingerprint density at radius 1 is 1.29 bits per heavy atom. The van der Waals surface area contributed by atoms with Gasteiger partial charge in [-0.3, -0.25) is 0 Å². The predicted molar refractivity (Wildman–Crippen MR) is 66.4 cm³/mol.